The first kappa shape index (κ1) is 18.9. The Morgan fingerprint density at radius 3 is 2.33 bits per heavy atom. The van der Waals surface area contributed by atoms with E-state index in [2.05, 4.69) is 39.7 Å². The van der Waals surface area contributed by atoms with Gasteiger partial charge in [-0.3, -0.25) is 9.78 Å². The van der Waals surface area contributed by atoms with E-state index in [0.717, 1.165) is 41.8 Å². The molecule has 24 heavy (non-hydrogen) atoms. The highest BCUT2D eigenvalue weighted by Gasteiger charge is 2.32. The predicted molar refractivity (Wildman–Crippen MR) is 97.6 cm³/mol. The number of piperidine rings is 1. The van der Waals surface area contributed by atoms with Gasteiger partial charge in [-0.2, -0.15) is 0 Å². The second-order valence-electron chi connectivity index (χ2n) is 7.02. The van der Waals surface area contributed by atoms with Crippen LogP contribution in [0.3, 0.4) is 0 Å². The van der Waals surface area contributed by atoms with Gasteiger partial charge in [0, 0.05) is 13.1 Å². The number of nitrogens with zero attached hydrogens (tertiary/aromatic N) is 2. The van der Waals surface area contributed by atoms with E-state index in [9.17, 15) is 9.59 Å². The molecule has 1 aliphatic rings. The second-order valence-corrected chi connectivity index (χ2v) is 7.81. The summed E-state index contributed by atoms with van der Waals surface area (Å²) in [6, 6.07) is 0. The van der Waals surface area contributed by atoms with E-state index in [0.29, 0.717) is 16.7 Å². The summed E-state index contributed by atoms with van der Waals surface area (Å²) < 4.78 is 5.69. The quantitative estimate of drug-likeness (QED) is 0.439. The first-order chi connectivity index (χ1) is 11.2. The largest absolute Gasteiger partial charge is 0.460 e. The summed E-state index contributed by atoms with van der Waals surface area (Å²) in [4.78, 5) is 31.2. The lowest BCUT2D eigenvalue weighted by atomic mass is 9.82. The smallest absolute Gasteiger partial charge is 0.379 e. The molecule has 0 amide bonds. The molecule has 1 fully saturated rings. The number of aryl methyl sites for hydroxylation is 2. The van der Waals surface area contributed by atoms with Gasteiger partial charge in [-0.05, 0) is 55.0 Å². The zero-order valence-electron chi connectivity index (χ0n) is 15.0. The van der Waals surface area contributed by atoms with Crippen LogP contribution in [-0.2, 0) is 9.53 Å². The van der Waals surface area contributed by atoms with Crippen LogP contribution in [0.15, 0.2) is 4.47 Å². The Morgan fingerprint density at radius 1 is 1.21 bits per heavy atom. The molecule has 0 unspecified atom stereocenters. The molecule has 2 rings (SSSR count). The lowest BCUT2D eigenvalue weighted by Crippen LogP contribution is -2.39. The molecule has 132 valence electrons. The fraction of sp³-hybridized carbons (Fsp3) is 0.611. The first-order valence-corrected chi connectivity index (χ1v) is 9.10. The van der Waals surface area contributed by atoms with Gasteiger partial charge in [0.1, 0.15) is 0 Å². The van der Waals surface area contributed by atoms with Crippen molar-refractivity contribution in [1.82, 2.24) is 4.98 Å². The standard InChI is InChI=1S/C18H25BrN2O3/c1-6-24-17(23)16(22)13-11(2)20-12(3)14(19)15(13)21-9-7-18(4,5)8-10-21/h6-10H2,1-5H3. The van der Waals surface area contributed by atoms with Crippen molar-refractivity contribution in [2.24, 2.45) is 5.41 Å². The highest BCUT2D eigenvalue weighted by molar-refractivity contribution is 9.10. The van der Waals surface area contributed by atoms with Crippen molar-refractivity contribution >= 4 is 33.4 Å². The summed E-state index contributed by atoms with van der Waals surface area (Å²) in [5, 5.41) is 0. The number of ketones is 1. The fourth-order valence-electron chi connectivity index (χ4n) is 3.01. The summed E-state index contributed by atoms with van der Waals surface area (Å²) in [6.45, 7) is 11.7. The van der Waals surface area contributed by atoms with Crippen LogP contribution < -0.4 is 4.90 Å². The van der Waals surface area contributed by atoms with E-state index in [4.69, 9.17) is 4.74 Å². The van der Waals surface area contributed by atoms with Gasteiger partial charge in [0.15, 0.2) is 0 Å². The molecule has 0 N–H and O–H groups in total. The number of ether oxygens (including phenoxy) is 1. The number of anilines is 1. The highest BCUT2D eigenvalue weighted by atomic mass is 79.9. The molecule has 0 radical (unpaired) electrons. The topological polar surface area (TPSA) is 59.5 Å². The van der Waals surface area contributed by atoms with Gasteiger partial charge >= 0.3 is 5.97 Å². The van der Waals surface area contributed by atoms with Crippen LogP contribution in [0.1, 0.15) is 55.4 Å². The Bertz CT molecular complexity index is 661. The van der Waals surface area contributed by atoms with Gasteiger partial charge in [0.25, 0.3) is 5.78 Å². The van der Waals surface area contributed by atoms with Crippen molar-refractivity contribution < 1.29 is 14.3 Å². The maximum atomic E-state index is 12.6. The summed E-state index contributed by atoms with van der Waals surface area (Å²) in [6.07, 6.45) is 2.07. The lowest BCUT2D eigenvalue weighted by Gasteiger charge is -2.39. The average molecular weight is 397 g/mol. The van der Waals surface area contributed by atoms with Crippen LogP contribution in [0.5, 0.6) is 0 Å². The molecular formula is C18H25BrN2O3. The maximum Gasteiger partial charge on any atom is 0.379 e. The molecule has 1 saturated heterocycles. The van der Waals surface area contributed by atoms with Gasteiger partial charge in [-0.15, -0.1) is 0 Å². The molecule has 5 nitrogen and oxygen atoms in total. The minimum atomic E-state index is -0.822. The Labute approximate surface area is 151 Å². The number of esters is 1. The zero-order chi connectivity index (χ0) is 18.1. The Morgan fingerprint density at radius 2 is 1.79 bits per heavy atom. The number of rotatable bonds is 4. The van der Waals surface area contributed by atoms with Crippen LogP contribution in [0, 0.1) is 19.3 Å². The number of halogens is 1. The van der Waals surface area contributed by atoms with Gasteiger partial charge in [-0.1, -0.05) is 13.8 Å². The monoisotopic (exact) mass is 396 g/mol. The number of hydrogen-bond donors (Lipinski definition) is 0. The fourth-order valence-corrected chi connectivity index (χ4v) is 3.55. The van der Waals surface area contributed by atoms with Crippen molar-refractivity contribution in [1.29, 1.82) is 0 Å². The molecule has 6 heteroatoms. The second kappa shape index (κ2) is 7.21. The highest BCUT2D eigenvalue weighted by Crippen LogP contribution is 2.39. The Balaban J connectivity index is 2.49. The SMILES string of the molecule is CCOC(=O)C(=O)c1c(C)nc(C)c(Br)c1N1CCC(C)(C)CC1. The number of hydrogen-bond acceptors (Lipinski definition) is 5. The zero-order valence-corrected chi connectivity index (χ0v) is 16.6. The van der Waals surface area contributed by atoms with Crippen molar-refractivity contribution in [2.75, 3.05) is 24.6 Å². The minimum absolute atomic E-state index is 0.178. The van der Waals surface area contributed by atoms with Crippen molar-refractivity contribution in [3.63, 3.8) is 0 Å². The number of carbonyl (C=O) groups is 2. The molecule has 0 bridgehead atoms. The van der Waals surface area contributed by atoms with E-state index in [-0.39, 0.29) is 6.61 Å². The minimum Gasteiger partial charge on any atom is -0.460 e. The van der Waals surface area contributed by atoms with Crippen molar-refractivity contribution in [3.05, 3.63) is 21.4 Å². The van der Waals surface area contributed by atoms with Crippen molar-refractivity contribution in [2.45, 2.75) is 47.5 Å². The number of aromatic nitrogens is 1. The maximum absolute atomic E-state index is 12.6. The Kier molecular flexibility index (Phi) is 5.68. The summed E-state index contributed by atoms with van der Waals surface area (Å²) in [5.41, 5.74) is 2.80. The third-order valence-corrected chi connectivity index (χ3v) is 5.53. The van der Waals surface area contributed by atoms with E-state index >= 15 is 0 Å². The number of Topliss-reactive ketones (excluding diaryl/α,β-unsaturated/α-hetero) is 1. The molecule has 0 atom stereocenters. The van der Waals surface area contributed by atoms with Gasteiger partial charge in [-0.25, -0.2) is 4.79 Å². The van der Waals surface area contributed by atoms with Crippen LogP contribution in [-0.4, -0.2) is 36.4 Å². The molecule has 0 saturated carbocycles. The van der Waals surface area contributed by atoms with E-state index in [1.165, 1.54) is 0 Å². The lowest BCUT2D eigenvalue weighted by molar-refractivity contribution is -0.137. The normalized spacial score (nSPS) is 16.8. The van der Waals surface area contributed by atoms with Crippen molar-refractivity contribution in [3.8, 4) is 0 Å². The van der Waals surface area contributed by atoms with Crippen LogP contribution in [0.4, 0.5) is 5.69 Å². The number of pyridine rings is 1. The number of carbonyl (C=O) groups excluding carboxylic acids is 2. The van der Waals surface area contributed by atoms with E-state index in [1.807, 2.05) is 6.92 Å². The molecule has 1 aromatic heterocycles. The molecule has 2 heterocycles. The summed E-state index contributed by atoms with van der Waals surface area (Å²) >= 11 is 3.58. The van der Waals surface area contributed by atoms with Gasteiger partial charge in [0.2, 0.25) is 0 Å². The third-order valence-electron chi connectivity index (χ3n) is 4.58. The molecule has 0 aliphatic carbocycles. The molecular weight excluding hydrogens is 372 g/mol. The molecule has 1 aromatic rings. The third kappa shape index (κ3) is 3.79. The molecule has 1 aliphatic heterocycles. The molecule has 0 spiro atoms. The summed E-state index contributed by atoms with van der Waals surface area (Å²) in [7, 11) is 0. The average Bonchev–Trinajstić information content (AvgIpc) is 2.50. The van der Waals surface area contributed by atoms with Crippen LogP contribution >= 0.6 is 15.9 Å². The van der Waals surface area contributed by atoms with Crippen LogP contribution in [0.2, 0.25) is 0 Å². The summed E-state index contributed by atoms with van der Waals surface area (Å²) in [5.74, 6) is -1.45. The van der Waals surface area contributed by atoms with E-state index < -0.39 is 11.8 Å². The van der Waals surface area contributed by atoms with E-state index in [1.54, 1.807) is 13.8 Å². The Hall–Kier alpha value is -1.43. The van der Waals surface area contributed by atoms with Gasteiger partial charge in [0.05, 0.1) is 33.7 Å². The predicted octanol–water partition coefficient (Wildman–Crippen LogP) is 3.83. The molecule has 0 aromatic carbocycles. The first-order valence-electron chi connectivity index (χ1n) is 8.31. The van der Waals surface area contributed by atoms with Gasteiger partial charge < -0.3 is 9.64 Å². The van der Waals surface area contributed by atoms with Crippen LogP contribution in [0.25, 0.3) is 0 Å².